The molecule has 10 heteroatoms. The van der Waals surface area contributed by atoms with Gasteiger partial charge >= 0.3 is 0 Å². The Hall–Kier alpha value is -3.66. The number of halogens is 2. The molecule has 0 aliphatic heterocycles. The Morgan fingerprint density at radius 1 is 1.10 bits per heavy atom. The summed E-state index contributed by atoms with van der Waals surface area (Å²) in [5, 5.41) is 7.38. The van der Waals surface area contributed by atoms with Gasteiger partial charge in [-0.3, -0.25) is 0 Å². The molecule has 6 nitrogen and oxygen atoms in total. The van der Waals surface area contributed by atoms with Gasteiger partial charge in [-0.15, -0.1) is 11.3 Å². The predicted octanol–water partition coefficient (Wildman–Crippen LogP) is 7.97. The van der Waals surface area contributed by atoms with Crippen LogP contribution in [0.25, 0.3) is 10.8 Å². The molecule has 1 heterocycles. The highest BCUT2D eigenvalue weighted by Crippen LogP contribution is 2.36. The molecule has 0 radical (unpaired) electrons. The van der Waals surface area contributed by atoms with Crippen LogP contribution in [-0.4, -0.2) is 20.5 Å². The summed E-state index contributed by atoms with van der Waals surface area (Å²) < 4.78 is 49.8. The number of aryl methyl sites for hydroxylation is 1. The Morgan fingerprint density at radius 3 is 2.60 bits per heavy atom. The zero-order chi connectivity index (χ0) is 28.4. The molecular formula is C30H27ClFN3O3S2. The van der Waals surface area contributed by atoms with E-state index in [0.29, 0.717) is 11.4 Å². The molecule has 0 aliphatic carbocycles. The van der Waals surface area contributed by atoms with E-state index in [0.717, 1.165) is 55.2 Å². The van der Waals surface area contributed by atoms with E-state index in [4.69, 9.17) is 16.3 Å². The van der Waals surface area contributed by atoms with Crippen LogP contribution in [0.5, 0.6) is 5.75 Å². The van der Waals surface area contributed by atoms with Crippen molar-refractivity contribution in [2.75, 3.05) is 16.7 Å². The van der Waals surface area contributed by atoms with Crippen LogP contribution < -0.4 is 14.4 Å². The number of thiazole rings is 1. The second kappa shape index (κ2) is 11.4. The molecular weight excluding hydrogens is 569 g/mol. The van der Waals surface area contributed by atoms with E-state index in [2.05, 4.69) is 10.3 Å². The fourth-order valence-corrected chi connectivity index (χ4v) is 7.24. The number of methoxy groups -OCH3 is 1. The molecule has 0 bridgehead atoms. The highest BCUT2D eigenvalue weighted by atomic mass is 35.5. The summed E-state index contributed by atoms with van der Waals surface area (Å²) in [6.07, 6.45) is 1.51. The van der Waals surface area contributed by atoms with Crippen molar-refractivity contribution >= 4 is 54.6 Å². The van der Waals surface area contributed by atoms with Gasteiger partial charge in [-0.25, -0.2) is 22.1 Å². The van der Waals surface area contributed by atoms with Crippen LogP contribution in [0.3, 0.4) is 0 Å². The number of nitrogens with one attached hydrogen (secondary N) is 1. The molecule has 5 aromatic rings. The zero-order valence-corrected chi connectivity index (χ0v) is 24.4. The van der Waals surface area contributed by atoms with Crippen molar-refractivity contribution in [1.82, 2.24) is 4.98 Å². The molecule has 0 spiro atoms. The third kappa shape index (κ3) is 5.50. The Bertz CT molecular complexity index is 1770. The van der Waals surface area contributed by atoms with E-state index >= 15 is 4.39 Å². The minimum atomic E-state index is -4.37. The van der Waals surface area contributed by atoms with E-state index in [-0.39, 0.29) is 22.7 Å². The average molecular weight is 596 g/mol. The van der Waals surface area contributed by atoms with Crippen molar-refractivity contribution in [3.63, 3.8) is 0 Å². The number of benzene rings is 4. The summed E-state index contributed by atoms with van der Waals surface area (Å²) >= 11 is 7.72. The van der Waals surface area contributed by atoms with E-state index in [9.17, 15) is 8.42 Å². The van der Waals surface area contributed by atoms with Crippen LogP contribution in [-0.2, 0) is 16.6 Å². The highest BCUT2D eigenvalue weighted by molar-refractivity contribution is 7.93. The molecule has 4 aromatic carbocycles. The summed E-state index contributed by atoms with van der Waals surface area (Å²) in [7, 11) is -2.81. The normalized spacial score (nSPS) is 12.3. The molecule has 1 N–H and O–H groups in total. The zero-order valence-electron chi connectivity index (χ0n) is 22.1. The van der Waals surface area contributed by atoms with Crippen molar-refractivity contribution in [1.29, 1.82) is 0 Å². The minimum Gasteiger partial charge on any atom is -0.497 e. The van der Waals surface area contributed by atoms with Crippen molar-refractivity contribution in [3.05, 3.63) is 112 Å². The van der Waals surface area contributed by atoms with Crippen molar-refractivity contribution in [3.8, 4) is 5.75 Å². The van der Waals surface area contributed by atoms with Gasteiger partial charge in [0.1, 0.15) is 16.5 Å². The number of hydrogen-bond donors (Lipinski definition) is 1. The Labute approximate surface area is 242 Å². The standard InChI is InChI=1S/C30H27ClFN3O3S2/c1-19-15-23(38-3)12-11-22(19)18-35(30-33-13-14-39-30)40(36,37)29-16-26(31)28(17-27(29)32)34-20(2)24-10-6-8-21-7-4-5-9-25(21)24/h4-17,20,34H,18H2,1-3H3/t20-/m0/s1. The maximum absolute atomic E-state index is 15.6. The third-order valence-electron chi connectivity index (χ3n) is 6.75. The van der Waals surface area contributed by atoms with E-state index in [1.807, 2.05) is 62.4 Å². The molecule has 206 valence electrons. The number of anilines is 2. The maximum atomic E-state index is 15.6. The number of ether oxygens (including phenoxy) is 1. The van der Waals surface area contributed by atoms with Gasteiger partial charge in [-0.2, -0.15) is 0 Å². The van der Waals surface area contributed by atoms with Gasteiger partial charge in [0.05, 0.1) is 24.4 Å². The lowest BCUT2D eigenvalue weighted by atomic mass is 9.99. The molecule has 0 saturated heterocycles. The number of nitrogens with zero attached hydrogens (tertiary/aromatic N) is 2. The molecule has 5 rings (SSSR count). The smallest absolute Gasteiger partial charge is 0.269 e. The minimum absolute atomic E-state index is 0.0408. The highest BCUT2D eigenvalue weighted by Gasteiger charge is 2.31. The Kier molecular flexibility index (Phi) is 7.98. The van der Waals surface area contributed by atoms with Gasteiger partial charge in [0.15, 0.2) is 5.13 Å². The molecule has 0 amide bonds. The quantitative estimate of drug-likeness (QED) is 0.187. The molecule has 1 atom stereocenters. The van der Waals surface area contributed by atoms with Crippen molar-refractivity contribution < 1.29 is 17.5 Å². The molecule has 0 aliphatic rings. The molecule has 0 saturated carbocycles. The first kappa shape index (κ1) is 27.9. The second-order valence-electron chi connectivity index (χ2n) is 9.32. The van der Waals surface area contributed by atoms with Gasteiger partial charge in [0.2, 0.25) is 0 Å². The first-order valence-electron chi connectivity index (χ1n) is 12.5. The SMILES string of the molecule is COc1ccc(CN(c2nccs2)S(=O)(=O)c2cc(Cl)c(N[C@@H](C)c3cccc4ccccc34)cc2F)c(C)c1. The second-order valence-corrected chi connectivity index (χ2v) is 12.4. The molecule has 40 heavy (non-hydrogen) atoms. The number of fused-ring (bicyclic) bond motifs is 1. The van der Waals surface area contributed by atoms with Crippen LogP contribution in [0.4, 0.5) is 15.2 Å². The maximum Gasteiger partial charge on any atom is 0.269 e. The summed E-state index contributed by atoms with van der Waals surface area (Å²) in [4.78, 5) is 3.68. The van der Waals surface area contributed by atoms with Gasteiger partial charge in [-0.05, 0) is 65.6 Å². The lowest BCUT2D eigenvalue weighted by Gasteiger charge is -2.24. The first-order chi connectivity index (χ1) is 19.2. The largest absolute Gasteiger partial charge is 0.497 e. The van der Waals surface area contributed by atoms with Crippen LogP contribution in [0.1, 0.15) is 29.7 Å². The number of sulfonamides is 1. The van der Waals surface area contributed by atoms with Crippen LogP contribution in [0.2, 0.25) is 5.02 Å². The van der Waals surface area contributed by atoms with Crippen LogP contribution in [0.15, 0.2) is 89.3 Å². The lowest BCUT2D eigenvalue weighted by Crippen LogP contribution is -2.31. The van der Waals surface area contributed by atoms with Gasteiger partial charge in [-0.1, -0.05) is 60.1 Å². The van der Waals surface area contributed by atoms with Gasteiger partial charge in [0.25, 0.3) is 10.0 Å². The van der Waals surface area contributed by atoms with Crippen LogP contribution >= 0.6 is 22.9 Å². The van der Waals surface area contributed by atoms with Gasteiger partial charge < -0.3 is 10.1 Å². The summed E-state index contributed by atoms with van der Waals surface area (Å²) in [6, 6.07) is 21.4. The lowest BCUT2D eigenvalue weighted by molar-refractivity contribution is 0.414. The molecule has 1 aromatic heterocycles. The fourth-order valence-electron chi connectivity index (χ4n) is 4.62. The number of rotatable bonds is 9. The van der Waals surface area contributed by atoms with Gasteiger partial charge in [0, 0.05) is 17.6 Å². The van der Waals surface area contributed by atoms with Crippen LogP contribution in [0, 0.1) is 12.7 Å². The third-order valence-corrected chi connectivity index (χ3v) is 9.72. The summed E-state index contributed by atoms with van der Waals surface area (Å²) in [5.41, 5.74) is 2.87. The Morgan fingerprint density at radius 2 is 1.88 bits per heavy atom. The topological polar surface area (TPSA) is 71.5 Å². The summed E-state index contributed by atoms with van der Waals surface area (Å²) in [5.74, 6) is -0.256. The number of aromatic nitrogens is 1. The van der Waals surface area contributed by atoms with E-state index in [1.165, 1.54) is 6.20 Å². The first-order valence-corrected chi connectivity index (χ1v) is 15.2. The van der Waals surface area contributed by atoms with Crippen molar-refractivity contribution in [2.24, 2.45) is 0 Å². The number of hydrogen-bond acceptors (Lipinski definition) is 6. The average Bonchev–Trinajstić information content (AvgIpc) is 3.48. The van der Waals surface area contributed by atoms with E-state index in [1.54, 1.807) is 24.6 Å². The van der Waals surface area contributed by atoms with E-state index < -0.39 is 20.7 Å². The molecule has 0 fully saturated rings. The monoisotopic (exact) mass is 595 g/mol. The van der Waals surface area contributed by atoms with Crippen molar-refractivity contribution in [2.45, 2.75) is 31.3 Å². The Balaban J connectivity index is 1.48. The predicted molar refractivity (Wildman–Crippen MR) is 161 cm³/mol. The fraction of sp³-hybridized carbons (Fsp3) is 0.167. The molecule has 0 unspecified atom stereocenters. The summed E-state index contributed by atoms with van der Waals surface area (Å²) in [6.45, 7) is 3.77.